The molecule has 0 atom stereocenters. The van der Waals surface area contributed by atoms with Crippen LogP contribution in [0.1, 0.15) is 18.1 Å². The maximum atomic E-state index is 12.0. The summed E-state index contributed by atoms with van der Waals surface area (Å²) in [6.07, 6.45) is 0. The van der Waals surface area contributed by atoms with Gasteiger partial charge in [0.25, 0.3) is 0 Å². The first kappa shape index (κ1) is 10.8. The van der Waals surface area contributed by atoms with Gasteiger partial charge in [0.1, 0.15) is 16.9 Å². The molecule has 0 unspecified atom stereocenters. The molecule has 2 aromatic carbocycles. The molecule has 2 aromatic rings. The van der Waals surface area contributed by atoms with Gasteiger partial charge < -0.3 is 10.5 Å². The lowest BCUT2D eigenvalue weighted by molar-refractivity contribution is -0.121. The molecule has 1 aliphatic rings. The van der Waals surface area contributed by atoms with Crippen LogP contribution in [-0.2, 0) is 10.2 Å². The van der Waals surface area contributed by atoms with Gasteiger partial charge in [-0.2, -0.15) is 0 Å². The fourth-order valence-electron chi connectivity index (χ4n) is 2.47. The maximum absolute atomic E-state index is 12.0. The van der Waals surface area contributed by atoms with E-state index in [1.807, 2.05) is 55.5 Å². The number of fused-ring (bicyclic) bond motifs is 2. The number of carbonyl (C=O) groups excluding carboxylic acids is 1. The normalized spacial score (nSPS) is 15.2. The lowest BCUT2D eigenvalue weighted by atomic mass is 9.73. The first-order chi connectivity index (χ1) is 8.64. The minimum atomic E-state index is -0.842. The Bertz CT molecular complexity index is 588. The largest absolute Gasteiger partial charge is 0.457 e. The molecule has 3 heteroatoms. The lowest BCUT2D eigenvalue weighted by Crippen LogP contribution is -2.41. The van der Waals surface area contributed by atoms with E-state index in [-0.39, 0.29) is 5.91 Å². The molecule has 1 heterocycles. The van der Waals surface area contributed by atoms with Gasteiger partial charge in [-0.3, -0.25) is 4.79 Å². The molecule has 1 aliphatic heterocycles. The predicted molar refractivity (Wildman–Crippen MR) is 68.6 cm³/mol. The van der Waals surface area contributed by atoms with Gasteiger partial charge >= 0.3 is 0 Å². The number of primary amides is 1. The Kier molecular flexibility index (Phi) is 2.17. The Morgan fingerprint density at radius 1 is 1.00 bits per heavy atom. The fraction of sp³-hybridized carbons (Fsp3) is 0.133. The van der Waals surface area contributed by atoms with Crippen molar-refractivity contribution in [2.45, 2.75) is 12.3 Å². The number of ether oxygens (including phenoxy) is 1. The lowest BCUT2D eigenvalue weighted by Gasteiger charge is -2.34. The van der Waals surface area contributed by atoms with Crippen LogP contribution in [0, 0.1) is 0 Å². The van der Waals surface area contributed by atoms with Gasteiger partial charge in [-0.15, -0.1) is 0 Å². The molecule has 0 radical (unpaired) electrons. The summed E-state index contributed by atoms with van der Waals surface area (Å²) in [6, 6.07) is 15.0. The van der Waals surface area contributed by atoms with Crippen molar-refractivity contribution in [1.82, 2.24) is 0 Å². The van der Waals surface area contributed by atoms with Gasteiger partial charge in [-0.25, -0.2) is 0 Å². The van der Waals surface area contributed by atoms with E-state index in [2.05, 4.69) is 0 Å². The molecular formula is C15H13NO2. The summed E-state index contributed by atoms with van der Waals surface area (Å²) in [4.78, 5) is 12.0. The summed E-state index contributed by atoms with van der Waals surface area (Å²) < 4.78 is 5.82. The molecule has 2 N–H and O–H groups in total. The van der Waals surface area contributed by atoms with Crippen molar-refractivity contribution in [3.8, 4) is 11.5 Å². The van der Waals surface area contributed by atoms with Crippen LogP contribution in [0.3, 0.4) is 0 Å². The molecule has 0 fully saturated rings. The molecule has 0 aromatic heterocycles. The van der Waals surface area contributed by atoms with E-state index in [0.29, 0.717) is 11.5 Å². The van der Waals surface area contributed by atoms with Crippen molar-refractivity contribution in [2.75, 3.05) is 0 Å². The molecule has 0 aliphatic carbocycles. The van der Waals surface area contributed by atoms with E-state index in [9.17, 15) is 4.79 Å². The first-order valence-electron chi connectivity index (χ1n) is 5.81. The van der Waals surface area contributed by atoms with Crippen LogP contribution in [0.25, 0.3) is 0 Å². The molecule has 3 nitrogen and oxygen atoms in total. The molecule has 0 spiro atoms. The Balaban J connectivity index is 2.34. The number of para-hydroxylation sites is 2. The van der Waals surface area contributed by atoms with E-state index in [1.54, 1.807) is 0 Å². The van der Waals surface area contributed by atoms with Crippen LogP contribution < -0.4 is 10.5 Å². The average molecular weight is 239 g/mol. The summed E-state index contributed by atoms with van der Waals surface area (Å²) in [6.45, 7) is 1.84. The van der Waals surface area contributed by atoms with Crippen molar-refractivity contribution in [2.24, 2.45) is 5.73 Å². The Morgan fingerprint density at radius 3 is 1.89 bits per heavy atom. The van der Waals surface area contributed by atoms with Crippen LogP contribution in [-0.4, -0.2) is 5.91 Å². The molecular weight excluding hydrogens is 226 g/mol. The highest BCUT2D eigenvalue weighted by Gasteiger charge is 2.42. The SMILES string of the molecule is CC1(C(N)=O)c2ccccc2Oc2ccccc21. The van der Waals surface area contributed by atoms with Crippen molar-refractivity contribution in [3.63, 3.8) is 0 Å². The zero-order chi connectivity index (χ0) is 12.8. The minimum absolute atomic E-state index is 0.370. The Morgan fingerprint density at radius 2 is 1.44 bits per heavy atom. The number of hydrogen-bond acceptors (Lipinski definition) is 2. The zero-order valence-corrected chi connectivity index (χ0v) is 10.0. The smallest absolute Gasteiger partial charge is 0.232 e. The van der Waals surface area contributed by atoms with E-state index in [4.69, 9.17) is 10.5 Å². The average Bonchev–Trinajstić information content (AvgIpc) is 2.39. The summed E-state index contributed by atoms with van der Waals surface area (Å²) in [5, 5.41) is 0. The maximum Gasteiger partial charge on any atom is 0.232 e. The molecule has 0 saturated carbocycles. The number of nitrogens with two attached hydrogens (primary N) is 1. The third kappa shape index (κ3) is 1.27. The zero-order valence-electron chi connectivity index (χ0n) is 10.0. The van der Waals surface area contributed by atoms with E-state index >= 15 is 0 Å². The molecule has 0 saturated heterocycles. The second-order valence-corrected chi connectivity index (χ2v) is 4.58. The third-order valence-corrected chi connectivity index (χ3v) is 3.56. The number of amides is 1. The van der Waals surface area contributed by atoms with Crippen LogP contribution in [0.5, 0.6) is 11.5 Å². The monoisotopic (exact) mass is 239 g/mol. The second-order valence-electron chi connectivity index (χ2n) is 4.58. The van der Waals surface area contributed by atoms with Crippen molar-refractivity contribution in [1.29, 1.82) is 0 Å². The third-order valence-electron chi connectivity index (χ3n) is 3.56. The van der Waals surface area contributed by atoms with E-state index < -0.39 is 5.41 Å². The van der Waals surface area contributed by atoms with Crippen LogP contribution in [0.2, 0.25) is 0 Å². The Hall–Kier alpha value is -2.29. The summed E-state index contributed by atoms with van der Waals surface area (Å²) in [5.41, 5.74) is 6.43. The molecule has 3 rings (SSSR count). The van der Waals surface area contributed by atoms with Crippen LogP contribution in [0.15, 0.2) is 48.5 Å². The summed E-state index contributed by atoms with van der Waals surface area (Å²) in [7, 11) is 0. The summed E-state index contributed by atoms with van der Waals surface area (Å²) >= 11 is 0. The number of benzene rings is 2. The molecule has 90 valence electrons. The van der Waals surface area contributed by atoms with E-state index in [1.165, 1.54) is 0 Å². The standard InChI is InChI=1S/C15H13NO2/c1-15(14(16)17)10-6-2-4-8-12(10)18-13-9-5-3-7-11(13)15/h2-9H,1H3,(H2,16,17). The van der Waals surface area contributed by atoms with Crippen molar-refractivity contribution < 1.29 is 9.53 Å². The van der Waals surface area contributed by atoms with Gasteiger partial charge in [-0.05, 0) is 19.1 Å². The minimum Gasteiger partial charge on any atom is -0.457 e. The number of rotatable bonds is 1. The van der Waals surface area contributed by atoms with Crippen molar-refractivity contribution in [3.05, 3.63) is 59.7 Å². The van der Waals surface area contributed by atoms with E-state index in [0.717, 1.165) is 11.1 Å². The fourth-order valence-corrected chi connectivity index (χ4v) is 2.47. The highest BCUT2D eigenvalue weighted by atomic mass is 16.5. The molecule has 1 amide bonds. The predicted octanol–water partition coefficient (Wildman–Crippen LogP) is 2.58. The first-order valence-corrected chi connectivity index (χ1v) is 5.81. The van der Waals surface area contributed by atoms with Crippen LogP contribution in [0.4, 0.5) is 0 Å². The van der Waals surface area contributed by atoms with Gasteiger partial charge in [-0.1, -0.05) is 36.4 Å². The highest BCUT2D eigenvalue weighted by molar-refractivity contribution is 5.92. The van der Waals surface area contributed by atoms with Gasteiger partial charge in [0.2, 0.25) is 5.91 Å². The highest BCUT2D eigenvalue weighted by Crippen LogP contribution is 2.47. The van der Waals surface area contributed by atoms with Gasteiger partial charge in [0.15, 0.2) is 0 Å². The molecule has 0 bridgehead atoms. The summed E-state index contributed by atoms with van der Waals surface area (Å²) in [5.74, 6) is 1.01. The van der Waals surface area contributed by atoms with Gasteiger partial charge in [0.05, 0.1) is 0 Å². The topological polar surface area (TPSA) is 52.3 Å². The molecule has 18 heavy (non-hydrogen) atoms. The van der Waals surface area contributed by atoms with Crippen molar-refractivity contribution >= 4 is 5.91 Å². The Labute approximate surface area is 105 Å². The second kappa shape index (κ2) is 3.60. The quantitative estimate of drug-likeness (QED) is 0.831. The van der Waals surface area contributed by atoms with Gasteiger partial charge in [0, 0.05) is 11.1 Å². The number of hydrogen-bond donors (Lipinski definition) is 1. The van der Waals surface area contributed by atoms with Crippen LogP contribution >= 0.6 is 0 Å². The number of carbonyl (C=O) groups is 1.